The fraction of sp³-hybridized carbons (Fsp3) is 0.250. The van der Waals surface area contributed by atoms with Crippen LogP contribution in [0.1, 0.15) is 11.1 Å². The molecule has 0 amide bonds. The summed E-state index contributed by atoms with van der Waals surface area (Å²) in [6.07, 6.45) is 0. The maximum atomic E-state index is 5.71. The first-order valence-corrected chi connectivity index (χ1v) is 6.21. The van der Waals surface area contributed by atoms with Crippen molar-refractivity contribution in [1.29, 1.82) is 0 Å². The van der Waals surface area contributed by atoms with Gasteiger partial charge in [0, 0.05) is 7.11 Å². The van der Waals surface area contributed by atoms with Crippen LogP contribution >= 0.6 is 0 Å². The molecule has 0 radical (unpaired) electrons. The van der Waals surface area contributed by atoms with Gasteiger partial charge in [-0.2, -0.15) is 0 Å². The van der Waals surface area contributed by atoms with E-state index in [1.165, 1.54) is 0 Å². The maximum Gasteiger partial charge on any atom is 0.146 e. The molecule has 0 fully saturated rings. The average Bonchev–Trinajstić information content (AvgIpc) is 2.48. The Morgan fingerprint density at radius 3 is 2.16 bits per heavy atom. The van der Waals surface area contributed by atoms with Crippen molar-refractivity contribution in [2.24, 2.45) is 0 Å². The Kier molecular flexibility index (Phi) is 5.41. The van der Waals surface area contributed by atoms with Crippen molar-refractivity contribution >= 4 is 0 Å². The van der Waals surface area contributed by atoms with Gasteiger partial charge in [0.15, 0.2) is 0 Å². The van der Waals surface area contributed by atoms with Crippen LogP contribution in [0.4, 0.5) is 0 Å². The Morgan fingerprint density at radius 1 is 0.789 bits per heavy atom. The minimum absolute atomic E-state index is 0.312. The van der Waals surface area contributed by atoms with Crippen LogP contribution in [0.2, 0.25) is 0 Å². The third kappa shape index (κ3) is 4.73. The van der Waals surface area contributed by atoms with Gasteiger partial charge in [0.2, 0.25) is 0 Å². The van der Waals surface area contributed by atoms with Crippen LogP contribution in [0.15, 0.2) is 54.6 Å². The van der Waals surface area contributed by atoms with E-state index in [1.54, 1.807) is 7.11 Å². The molecule has 0 saturated heterocycles. The molecule has 0 atom stereocenters. The molecule has 0 N–H and O–H groups in total. The Labute approximate surface area is 113 Å². The molecular formula is C16H18O3. The third-order valence-corrected chi connectivity index (χ3v) is 2.64. The average molecular weight is 258 g/mol. The predicted molar refractivity (Wildman–Crippen MR) is 73.9 cm³/mol. The summed E-state index contributed by atoms with van der Waals surface area (Å²) in [5, 5.41) is 0. The highest BCUT2D eigenvalue weighted by molar-refractivity contribution is 5.27. The van der Waals surface area contributed by atoms with Crippen LogP contribution < -0.4 is 4.74 Å². The summed E-state index contributed by atoms with van der Waals surface area (Å²) in [7, 11) is 1.61. The van der Waals surface area contributed by atoms with Crippen molar-refractivity contribution in [3.8, 4) is 5.75 Å². The molecule has 0 saturated carbocycles. The third-order valence-electron chi connectivity index (χ3n) is 2.64. The number of methoxy groups -OCH3 is 1. The predicted octanol–water partition coefficient (Wildman–Crippen LogP) is 3.39. The highest BCUT2D eigenvalue weighted by Crippen LogP contribution is 2.14. The zero-order valence-corrected chi connectivity index (χ0v) is 11.0. The number of hydrogen-bond donors (Lipinski definition) is 0. The lowest BCUT2D eigenvalue weighted by Gasteiger charge is -2.07. The van der Waals surface area contributed by atoms with Crippen LogP contribution in [-0.2, 0) is 22.7 Å². The number of hydrogen-bond acceptors (Lipinski definition) is 3. The van der Waals surface area contributed by atoms with E-state index in [0.717, 1.165) is 16.9 Å². The van der Waals surface area contributed by atoms with Gasteiger partial charge in [-0.15, -0.1) is 0 Å². The van der Waals surface area contributed by atoms with E-state index < -0.39 is 0 Å². The second kappa shape index (κ2) is 7.56. The Bertz CT molecular complexity index is 465. The number of ether oxygens (including phenoxy) is 3. The van der Waals surface area contributed by atoms with Crippen molar-refractivity contribution in [3.05, 3.63) is 65.7 Å². The summed E-state index contributed by atoms with van der Waals surface area (Å²) in [5.74, 6) is 0.861. The molecule has 0 aliphatic carbocycles. The van der Waals surface area contributed by atoms with Gasteiger partial charge in [0.05, 0.1) is 6.61 Å². The molecule has 2 rings (SSSR count). The summed E-state index contributed by atoms with van der Waals surface area (Å²) in [6.45, 7) is 1.44. The second-order valence-corrected chi connectivity index (χ2v) is 4.17. The largest absolute Gasteiger partial charge is 0.489 e. The Morgan fingerprint density at radius 2 is 1.47 bits per heavy atom. The standard InChI is InChI=1S/C16H18O3/c1-17-13-18-11-15-7-9-16(10-8-15)19-12-14-5-3-2-4-6-14/h2-10H,11-13H2,1H3. The Balaban J connectivity index is 1.81. The topological polar surface area (TPSA) is 27.7 Å². The summed E-state index contributed by atoms with van der Waals surface area (Å²) in [6, 6.07) is 18.0. The van der Waals surface area contributed by atoms with E-state index in [-0.39, 0.29) is 0 Å². The lowest BCUT2D eigenvalue weighted by Crippen LogP contribution is -1.98. The molecule has 0 bridgehead atoms. The maximum absolute atomic E-state index is 5.71. The molecule has 0 unspecified atom stereocenters. The summed E-state index contributed by atoms with van der Waals surface area (Å²) in [5.41, 5.74) is 2.26. The number of rotatable bonds is 7. The van der Waals surface area contributed by atoms with Gasteiger partial charge in [-0.1, -0.05) is 42.5 Å². The van der Waals surface area contributed by atoms with Gasteiger partial charge in [-0.05, 0) is 23.3 Å². The van der Waals surface area contributed by atoms with Gasteiger partial charge in [-0.25, -0.2) is 0 Å². The molecule has 0 aliphatic rings. The zero-order chi connectivity index (χ0) is 13.3. The molecule has 0 aromatic heterocycles. The van der Waals surface area contributed by atoms with E-state index in [9.17, 15) is 0 Å². The summed E-state index contributed by atoms with van der Waals surface area (Å²) >= 11 is 0. The molecule has 3 heteroatoms. The first-order chi connectivity index (χ1) is 9.38. The fourth-order valence-corrected chi connectivity index (χ4v) is 1.67. The van der Waals surface area contributed by atoms with E-state index in [1.807, 2.05) is 54.6 Å². The minimum Gasteiger partial charge on any atom is -0.489 e. The smallest absolute Gasteiger partial charge is 0.146 e. The highest BCUT2D eigenvalue weighted by Gasteiger charge is 1.97. The van der Waals surface area contributed by atoms with Gasteiger partial charge in [0.25, 0.3) is 0 Å². The van der Waals surface area contributed by atoms with Crippen molar-refractivity contribution in [1.82, 2.24) is 0 Å². The second-order valence-electron chi connectivity index (χ2n) is 4.17. The van der Waals surface area contributed by atoms with E-state index in [4.69, 9.17) is 14.2 Å². The number of benzene rings is 2. The van der Waals surface area contributed by atoms with E-state index in [0.29, 0.717) is 20.0 Å². The molecule has 3 nitrogen and oxygen atoms in total. The SMILES string of the molecule is COCOCc1ccc(OCc2ccccc2)cc1. The minimum atomic E-state index is 0.312. The van der Waals surface area contributed by atoms with Crippen molar-refractivity contribution in [2.45, 2.75) is 13.2 Å². The van der Waals surface area contributed by atoms with Crippen molar-refractivity contribution < 1.29 is 14.2 Å². The quantitative estimate of drug-likeness (QED) is 0.563. The summed E-state index contributed by atoms with van der Waals surface area (Å²) < 4.78 is 15.8. The molecule has 2 aromatic rings. The lowest BCUT2D eigenvalue weighted by molar-refractivity contribution is -0.0390. The molecule has 0 heterocycles. The van der Waals surface area contributed by atoms with Crippen LogP contribution in [-0.4, -0.2) is 13.9 Å². The Hall–Kier alpha value is -1.84. The monoisotopic (exact) mass is 258 g/mol. The molecule has 0 spiro atoms. The summed E-state index contributed by atoms with van der Waals surface area (Å²) in [4.78, 5) is 0. The van der Waals surface area contributed by atoms with Gasteiger partial charge >= 0.3 is 0 Å². The van der Waals surface area contributed by atoms with Crippen molar-refractivity contribution in [3.63, 3.8) is 0 Å². The van der Waals surface area contributed by atoms with Crippen LogP contribution in [0.5, 0.6) is 5.75 Å². The van der Waals surface area contributed by atoms with Crippen LogP contribution in [0, 0.1) is 0 Å². The normalized spacial score (nSPS) is 10.4. The molecule has 19 heavy (non-hydrogen) atoms. The van der Waals surface area contributed by atoms with E-state index >= 15 is 0 Å². The van der Waals surface area contributed by atoms with Crippen LogP contribution in [0.3, 0.4) is 0 Å². The van der Waals surface area contributed by atoms with Gasteiger partial charge in [0.1, 0.15) is 19.1 Å². The van der Waals surface area contributed by atoms with E-state index in [2.05, 4.69) is 0 Å². The molecule has 100 valence electrons. The highest BCUT2D eigenvalue weighted by atomic mass is 16.7. The first-order valence-electron chi connectivity index (χ1n) is 6.21. The molecular weight excluding hydrogens is 240 g/mol. The molecule has 0 aliphatic heterocycles. The van der Waals surface area contributed by atoms with Crippen LogP contribution in [0.25, 0.3) is 0 Å². The van der Waals surface area contributed by atoms with Gasteiger partial charge < -0.3 is 14.2 Å². The van der Waals surface area contributed by atoms with Gasteiger partial charge in [-0.3, -0.25) is 0 Å². The lowest BCUT2D eigenvalue weighted by atomic mass is 10.2. The fourth-order valence-electron chi connectivity index (χ4n) is 1.67. The molecule has 2 aromatic carbocycles. The first kappa shape index (κ1) is 13.6. The van der Waals surface area contributed by atoms with Crippen molar-refractivity contribution in [2.75, 3.05) is 13.9 Å². The zero-order valence-electron chi connectivity index (χ0n) is 11.0.